The number of phosphoric ester groups is 1. The Morgan fingerprint density at radius 1 is 0.469 bits per heavy atom. The van der Waals surface area contributed by atoms with Crippen LogP contribution in [-0.4, -0.2) is 59.9 Å². The fraction of sp³-hybridized carbons (Fsp3) is 0.904. The summed E-state index contributed by atoms with van der Waals surface area (Å²) in [7, 11) is -4.72. The van der Waals surface area contributed by atoms with Gasteiger partial charge < -0.3 is 25.2 Å². The number of carboxylic acids is 1. The monoisotopic (exact) mass is 930 g/mol. The van der Waals surface area contributed by atoms with Crippen molar-refractivity contribution in [3.05, 3.63) is 12.2 Å². The van der Waals surface area contributed by atoms with Crippen molar-refractivity contribution in [1.29, 1.82) is 0 Å². The zero-order valence-corrected chi connectivity index (χ0v) is 42.3. The number of ether oxygens (including phenoxy) is 2. The lowest BCUT2D eigenvalue weighted by atomic mass is 10.0. The van der Waals surface area contributed by atoms with E-state index in [-0.39, 0.29) is 19.4 Å². The molecule has 4 N–H and O–H groups in total. The third kappa shape index (κ3) is 46.7. The van der Waals surface area contributed by atoms with Crippen LogP contribution in [0.3, 0.4) is 0 Å². The first kappa shape index (κ1) is 62.2. The Bertz CT molecular complexity index is 1140. The summed E-state index contributed by atoms with van der Waals surface area (Å²) in [6, 6.07) is -1.52. The Balaban J connectivity index is 4.18. The summed E-state index contributed by atoms with van der Waals surface area (Å²) < 4.78 is 32.9. The maximum atomic E-state index is 12.7. The average molecular weight is 930 g/mol. The fourth-order valence-electron chi connectivity index (χ4n) is 7.83. The van der Waals surface area contributed by atoms with Crippen molar-refractivity contribution < 1.29 is 47.5 Å². The van der Waals surface area contributed by atoms with Gasteiger partial charge in [-0.1, -0.05) is 231 Å². The molecule has 64 heavy (non-hydrogen) atoms. The van der Waals surface area contributed by atoms with E-state index in [9.17, 15) is 23.8 Å². The maximum absolute atomic E-state index is 12.7. The van der Waals surface area contributed by atoms with Crippen LogP contribution in [0.15, 0.2) is 12.2 Å². The molecule has 0 spiro atoms. The summed E-state index contributed by atoms with van der Waals surface area (Å²) in [6.45, 7) is 2.86. The molecule has 11 nitrogen and oxygen atoms in total. The molecule has 0 radical (unpaired) electrons. The topological polar surface area (TPSA) is 172 Å². The molecule has 0 saturated heterocycles. The van der Waals surface area contributed by atoms with Crippen molar-refractivity contribution in [2.75, 3.05) is 19.8 Å². The smallest absolute Gasteiger partial charge is 0.472 e. The van der Waals surface area contributed by atoms with E-state index in [1.54, 1.807) is 0 Å². The van der Waals surface area contributed by atoms with Crippen LogP contribution in [-0.2, 0) is 37.5 Å². The molecule has 0 amide bonds. The fourth-order valence-corrected chi connectivity index (χ4v) is 8.61. The van der Waals surface area contributed by atoms with E-state index in [1.807, 2.05) is 0 Å². The number of nitrogens with two attached hydrogens (primary N) is 1. The molecule has 0 rings (SSSR count). The van der Waals surface area contributed by atoms with Gasteiger partial charge in [0.1, 0.15) is 12.6 Å². The van der Waals surface area contributed by atoms with Crippen molar-refractivity contribution in [2.24, 2.45) is 5.73 Å². The molecule has 0 aromatic heterocycles. The summed E-state index contributed by atoms with van der Waals surface area (Å²) in [5, 5.41) is 8.93. The van der Waals surface area contributed by atoms with Gasteiger partial charge in [0, 0.05) is 12.8 Å². The Kier molecular flexibility index (Phi) is 46.4. The molecule has 0 aromatic carbocycles. The summed E-state index contributed by atoms with van der Waals surface area (Å²) >= 11 is 0. The van der Waals surface area contributed by atoms with E-state index in [2.05, 4.69) is 26.0 Å². The summed E-state index contributed by atoms with van der Waals surface area (Å²) in [6.07, 6.45) is 51.3. The molecule has 3 atom stereocenters. The highest BCUT2D eigenvalue weighted by Gasteiger charge is 2.28. The maximum Gasteiger partial charge on any atom is 0.472 e. The summed E-state index contributed by atoms with van der Waals surface area (Å²) in [5.41, 5.74) is 5.36. The Hall–Kier alpha value is -1.78. The lowest BCUT2D eigenvalue weighted by Crippen LogP contribution is -2.34. The number of hydrogen-bond acceptors (Lipinski definition) is 9. The van der Waals surface area contributed by atoms with Crippen molar-refractivity contribution in [1.82, 2.24) is 0 Å². The molecular formula is C52H100NO10P. The highest BCUT2D eigenvalue weighted by Crippen LogP contribution is 2.43. The first-order valence-corrected chi connectivity index (χ1v) is 28.2. The van der Waals surface area contributed by atoms with Gasteiger partial charge in [0.15, 0.2) is 6.10 Å². The Morgan fingerprint density at radius 3 is 1.14 bits per heavy atom. The number of carbonyl (C=O) groups excluding carboxylic acids is 2. The van der Waals surface area contributed by atoms with E-state index >= 15 is 0 Å². The number of hydrogen-bond donors (Lipinski definition) is 3. The standard InChI is InChI=1S/C52H100NO10P/c1-3-5-7-9-11-13-15-17-19-21-23-24-26-28-30-32-34-36-38-40-42-44-51(55)63-48(46-61-64(58,59)62-47-49(53)52(56)57)45-60-50(54)43-41-39-37-35-33-31-29-27-25-22-20-18-16-14-12-10-8-6-4-2/h18,20,48-49H,3-17,19,21-47,53H2,1-2H3,(H,56,57)(H,58,59)/b20-18+/t48-,49+/m1/s1. The third-order valence-corrected chi connectivity index (χ3v) is 13.0. The van der Waals surface area contributed by atoms with Crippen molar-refractivity contribution >= 4 is 25.7 Å². The second-order valence-electron chi connectivity index (χ2n) is 18.4. The molecule has 0 aliphatic rings. The number of carboxylic acid groups (broad SMARTS) is 1. The first-order chi connectivity index (χ1) is 31.1. The van der Waals surface area contributed by atoms with Gasteiger partial charge in [-0.15, -0.1) is 0 Å². The Labute approximate surface area is 392 Å². The summed E-state index contributed by atoms with van der Waals surface area (Å²) in [5.74, 6) is -2.36. The van der Waals surface area contributed by atoms with E-state index in [0.29, 0.717) is 12.8 Å². The summed E-state index contributed by atoms with van der Waals surface area (Å²) in [4.78, 5) is 46.2. The van der Waals surface area contributed by atoms with Crippen LogP contribution >= 0.6 is 7.82 Å². The first-order valence-electron chi connectivity index (χ1n) is 26.7. The normalized spacial score (nSPS) is 13.6. The number of rotatable bonds is 51. The zero-order chi connectivity index (χ0) is 47.0. The van der Waals surface area contributed by atoms with Gasteiger partial charge in [-0.2, -0.15) is 0 Å². The van der Waals surface area contributed by atoms with E-state index in [1.165, 1.54) is 193 Å². The van der Waals surface area contributed by atoms with Gasteiger partial charge in [0.05, 0.1) is 13.2 Å². The number of phosphoric acid groups is 1. The molecule has 0 bridgehead atoms. The molecule has 0 aliphatic heterocycles. The van der Waals surface area contributed by atoms with Crippen LogP contribution < -0.4 is 5.73 Å². The lowest BCUT2D eigenvalue weighted by molar-refractivity contribution is -0.161. The number of esters is 2. The third-order valence-electron chi connectivity index (χ3n) is 12.0. The van der Waals surface area contributed by atoms with E-state index in [4.69, 9.17) is 29.4 Å². The average Bonchev–Trinajstić information content (AvgIpc) is 3.27. The predicted octanol–water partition coefficient (Wildman–Crippen LogP) is 15.2. The molecule has 12 heteroatoms. The van der Waals surface area contributed by atoms with Crippen LogP contribution in [0.5, 0.6) is 0 Å². The number of carbonyl (C=O) groups is 3. The predicted molar refractivity (Wildman–Crippen MR) is 263 cm³/mol. The quantitative estimate of drug-likeness (QED) is 0.0229. The van der Waals surface area contributed by atoms with E-state index in [0.717, 1.165) is 38.5 Å². The number of unbranched alkanes of at least 4 members (excludes halogenated alkanes) is 35. The molecule has 0 aliphatic carbocycles. The largest absolute Gasteiger partial charge is 0.480 e. The van der Waals surface area contributed by atoms with Crippen LogP contribution in [0.2, 0.25) is 0 Å². The Morgan fingerprint density at radius 2 is 0.781 bits per heavy atom. The van der Waals surface area contributed by atoms with Crippen LogP contribution in [0, 0.1) is 0 Å². The van der Waals surface area contributed by atoms with Crippen molar-refractivity contribution in [2.45, 2.75) is 283 Å². The minimum absolute atomic E-state index is 0.168. The minimum Gasteiger partial charge on any atom is -0.480 e. The molecule has 0 fully saturated rings. The minimum atomic E-state index is -4.72. The van der Waals surface area contributed by atoms with Gasteiger partial charge in [-0.05, 0) is 38.5 Å². The van der Waals surface area contributed by atoms with Crippen molar-refractivity contribution in [3.8, 4) is 0 Å². The second kappa shape index (κ2) is 47.7. The highest BCUT2D eigenvalue weighted by atomic mass is 31.2. The van der Waals surface area contributed by atoms with Crippen molar-refractivity contribution in [3.63, 3.8) is 0 Å². The number of aliphatic carboxylic acids is 1. The van der Waals surface area contributed by atoms with Gasteiger partial charge in [-0.3, -0.25) is 23.4 Å². The SMILES string of the molecule is CCCCCCCC/C=C/CCCCCCCCCCCC(=O)OC[C@H](COP(=O)(O)OC[C@H](N)C(=O)O)OC(=O)CCCCCCCCCCCCCCCCCCCCCCC. The molecular weight excluding hydrogens is 830 g/mol. The van der Waals surface area contributed by atoms with Crippen LogP contribution in [0.25, 0.3) is 0 Å². The van der Waals surface area contributed by atoms with Gasteiger partial charge in [-0.25, -0.2) is 4.57 Å². The highest BCUT2D eigenvalue weighted by molar-refractivity contribution is 7.47. The molecule has 0 heterocycles. The van der Waals surface area contributed by atoms with E-state index < -0.39 is 51.1 Å². The van der Waals surface area contributed by atoms with Gasteiger partial charge >= 0.3 is 25.7 Å². The second-order valence-corrected chi connectivity index (χ2v) is 19.8. The van der Waals surface area contributed by atoms with Gasteiger partial charge in [0.2, 0.25) is 0 Å². The molecule has 0 aromatic rings. The van der Waals surface area contributed by atoms with Crippen LogP contribution in [0.1, 0.15) is 271 Å². The zero-order valence-electron chi connectivity index (χ0n) is 41.4. The molecule has 1 unspecified atom stereocenters. The van der Waals surface area contributed by atoms with Gasteiger partial charge in [0.25, 0.3) is 0 Å². The number of allylic oxidation sites excluding steroid dienone is 2. The molecule has 0 saturated carbocycles. The molecule has 378 valence electrons. The lowest BCUT2D eigenvalue weighted by Gasteiger charge is -2.20. The van der Waals surface area contributed by atoms with Crippen LogP contribution in [0.4, 0.5) is 0 Å².